The molecule has 0 saturated carbocycles. The van der Waals surface area contributed by atoms with Gasteiger partial charge in [-0.1, -0.05) is 0 Å². The number of H-pyrrole nitrogens is 2. The van der Waals surface area contributed by atoms with Crippen LogP contribution in [-0.4, -0.2) is 27.4 Å². The lowest BCUT2D eigenvalue weighted by molar-refractivity contribution is 0.0955. The summed E-state index contributed by atoms with van der Waals surface area (Å²) in [7, 11) is 0. The molecule has 1 aromatic carbocycles. The second-order valence-electron chi connectivity index (χ2n) is 4.82. The Hall–Kier alpha value is -2.06. The number of hydrogen-bond donors (Lipinski definition) is 3. The number of halogens is 1. The van der Waals surface area contributed by atoms with Crippen molar-refractivity contribution in [2.24, 2.45) is 0 Å². The molecular weight excluding hydrogens is 323 g/mol. The number of amides is 1. The monoisotopic (exact) mass is 336 g/mol. The van der Waals surface area contributed by atoms with Crippen molar-refractivity contribution in [2.75, 3.05) is 6.54 Å². The largest absolute Gasteiger partial charge is 0.352 e. The molecule has 3 N–H and O–H groups in total. The second-order valence-corrected chi connectivity index (χ2v) is 6.29. The van der Waals surface area contributed by atoms with Crippen LogP contribution in [0.5, 0.6) is 0 Å². The molecular formula is C14H13FN4OS2. The Morgan fingerprint density at radius 2 is 2.27 bits per heavy atom. The Morgan fingerprint density at radius 1 is 1.45 bits per heavy atom. The summed E-state index contributed by atoms with van der Waals surface area (Å²) in [6.07, 6.45) is 0.637. The number of thiazole rings is 1. The van der Waals surface area contributed by atoms with E-state index in [1.165, 1.54) is 12.1 Å². The number of hydrogen-bond acceptors (Lipinski definition) is 4. The Kier molecular flexibility index (Phi) is 4.04. The van der Waals surface area contributed by atoms with Crippen LogP contribution in [0.1, 0.15) is 21.1 Å². The third kappa shape index (κ3) is 3.07. The van der Waals surface area contributed by atoms with Crippen molar-refractivity contribution >= 4 is 40.5 Å². The van der Waals surface area contributed by atoms with Crippen molar-refractivity contribution in [3.63, 3.8) is 0 Å². The molecule has 114 valence electrons. The van der Waals surface area contributed by atoms with Gasteiger partial charge in [-0.2, -0.15) is 0 Å². The Morgan fingerprint density at radius 3 is 3.00 bits per heavy atom. The highest BCUT2D eigenvalue weighted by Crippen LogP contribution is 2.18. The van der Waals surface area contributed by atoms with Crippen LogP contribution in [0.25, 0.3) is 11.0 Å². The minimum absolute atomic E-state index is 0.233. The molecule has 0 aliphatic rings. The number of imidazole rings is 1. The van der Waals surface area contributed by atoms with Crippen LogP contribution in [0, 0.1) is 17.5 Å². The lowest BCUT2D eigenvalue weighted by Crippen LogP contribution is -2.26. The van der Waals surface area contributed by atoms with Gasteiger partial charge in [0.1, 0.15) is 5.82 Å². The molecule has 2 heterocycles. The summed E-state index contributed by atoms with van der Waals surface area (Å²) < 4.78 is 14.0. The molecule has 0 spiro atoms. The maximum absolute atomic E-state index is 13.6. The van der Waals surface area contributed by atoms with E-state index >= 15 is 0 Å². The molecule has 0 bridgehead atoms. The molecule has 3 aromatic rings. The van der Waals surface area contributed by atoms with Gasteiger partial charge in [0.25, 0.3) is 5.91 Å². The van der Waals surface area contributed by atoms with E-state index in [1.54, 1.807) is 11.3 Å². The van der Waals surface area contributed by atoms with Crippen molar-refractivity contribution in [1.29, 1.82) is 0 Å². The smallest absolute Gasteiger partial charge is 0.253 e. The van der Waals surface area contributed by atoms with E-state index in [0.29, 0.717) is 28.8 Å². The summed E-state index contributed by atoms with van der Waals surface area (Å²) >= 11 is 6.56. The van der Waals surface area contributed by atoms with Crippen molar-refractivity contribution < 1.29 is 9.18 Å². The van der Waals surface area contributed by atoms with Gasteiger partial charge >= 0.3 is 0 Å². The highest BCUT2D eigenvalue weighted by atomic mass is 32.1. The molecule has 0 fully saturated rings. The summed E-state index contributed by atoms with van der Waals surface area (Å²) in [5, 5.41) is 5.73. The number of carbonyl (C=O) groups excluding carboxylic acids is 1. The van der Waals surface area contributed by atoms with Crippen LogP contribution in [0.2, 0.25) is 0 Å². The van der Waals surface area contributed by atoms with Crippen LogP contribution < -0.4 is 5.32 Å². The van der Waals surface area contributed by atoms with Gasteiger partial charge in [0.2, 0.25) is 0 Å². The first-order valence-electron chi connectivity index (χ1n) is 6.63. The number of aryl methyl sites for hydroxylation is 1. The quantitative estimate of drug-likeness (QED) is 0.641. The summed E-state index contributed by atoms with van der Waals surface area (Å²) in [5.41, 5.74) is 2.16. The Bertz CT molecular complexity index is 896. The third-order valence-corrected chi connectivity index (χ3v) is 4.19. The number of fused-ring (bicyclic) bond motifs is 1. The number of aromatic amines is 2. The fraction of sp³-hybridized carbons (Fsp3) is 0.214. The number of aromatic nitrogens is 3. The fourth-order valence-corrected chi connectivity index (χ4v) is 3.07. The van der Waals surface area contributed by atoms with E-state index in [-0.39, 0.29) is 11.5 Å². The maximum atomic E-state index is 13.6. The Labute approximate surface area is 134 Å². The van der Waals surface area contributed by atoms with E-state index in [4.69, 9.17) is 12.2 Å². The number of rotatable bonds is 4. The summed E-state index contributed by atoms with van der Waals surface area (Å²) in [4.78, 5) is 22.3. The van der Waals surface area contributed by atoms with E-state index in [1.807, 2.05) is 12.3 Å². The molecule has 5 nitrogen and oxygen atoms in total. The predicted molar refractivity (Wildman–Crippen MR) is 86.3 cm³/mol. The summed E-state index contributed by atoms with van der Waals surface area (Å²) in [6.45, 7) is 2.37. The molecule has 1 amide bonds. The molecule has 0 unspecified atom stereocenters. The third-order valence-electron chi connectivity index (χ3n) is 3.17. The number of carbonyl (C=O) groups is 1. The highest BCUT2D eigenvalue weighted by molar-refractivity contribution is 7.71. The molecule has 0 radical (unpaired) electrons. The van der Waals surface area contributed by atoms with Crippen LogP contribution >= 0.6 is 23.6 Å². The zero-order chi connectivity index (χ0) is 15.7. The predicted octanol–water partition coefficient (Wildman–Crippen LogP) is 3.10. The minimum atomic E-state index is -0.488. The van der Waals surface area contributed by atoms with E-state index in [2.05, 4.69) is 20.3 Å². The average molecular weight is 336 g/mol. The van der Waals surface area contributed by atoms with Crippen molar-refractivity contribution in [1.82, 2.24) is 20.3 Å². The van der Waals surface area contributed by atoms with Crippen molar-refractivity contribution in [3.05, 3.63) is 44.4 Å². The van der Waals surface area contributed by atoms with E-state index in [9.17, 15) is 9.18 Å². The van der Waals surface area contributed by atoms with Gasteiger partial charge in [-0.15, -0.1) is 11.3 Å². The van der Waals surface area contributed by atoms with Crippen LogP contribution in [0.15, 0.2) is 17.5 Å². The number of nitrogens with zero attached hydrogens (tertiary/aromatic N) is 1. The van der Waals surface area contributed by atoms with Gasteiger partial charge < -0.3 is 15.3 Å². The Balaban J connectivity index is 1.76. The van der Waals surface area contributed by atoms with E-state index in [0.717, 1.165) is 10.7 Å². The fourth-order valence-electron chi connectivity index (χ4n) is 2.21. The first-order chi connectivity index (χ1) is 10.5. The first kappa shape index (κ1) is 14.9. The highest BCUT2D eigenvalue weighted by Gasteiger charge is 2.13. The first-order valence-corrected chi connectivity index (χ1v) is 7.92. The second kappa shape index (κ2) is 5.98. The number of nitrogens with one attached hydrogen (secondary N) is 3. The van der Waals surface area contributed by atoms with Crippen LogP contribution in [0.3, 0.4) is 0 Å². The SMILES string of the molecule is Cc1nc(CCNC(=O)c2cc(F)cc3[nH]c(=S)[nH]c23)cs1. The zero-order valence-corrected chi connectivity index (χ0v) is 13.3. The molecule has 0 saturated heterocycles. The molecule has 0 aliphatic carbocycles. The molecule has 22 heavy (non-hydrogen) atoms. The zero-order valence-electron chi connectivity index (χ0n) is 11.7. The normalized spacial score (nSPS) is 11.0. The summed E-state index contributed by atoms with van der Waals surface area (Å²) in [5.74, 6) is -0.834. The standard InChI is InChI=1S/C14H13FN4OS2/c1-7-17-9(6-22-7)2-3-16-13(20)10-4-8(15)5-11-12(10)19-14(21)18-11/h4-6H,2-3H2,1H3,(H,16,20)(H2,18,19,21). The van der Waals surface area contributed by atoms with E-state index < -0.39 is 5.82 Å². The van der Waals surface area contributed by atoms with Gasteiger partial charge in [0.05, 0.1) is 27.3 Å². The van der Waals surface area contributed by atoms with Crippen molar-refractivity contribution in [2.45, 2.75) is 13.3 Å². The lowest BCUT2D eigenvalue weighted by Gasteiger charge is -2.05. The number of benzene rings is 1. The van der Waals surface area contributed by atoms with Crippen LogP contribution in [-0.2, 0) is 6.42 Å². The topological polar surface area (TPSA) is 73.6 Å². The summed E-state index contributed by atoms with van der Waals surface area (Å²) in [6, 6.07) is 2.50. The molecule has 0 atom stereocenters. The maximum Gasteiger partial charge on any atom is 0.253 e. The lowest BCUT2D eigenvalue weighted by atomic mass is 10.1. The average Bonchev–Trinajstić information content (AvgIpc) is 3.02. The van der Waals surface area contributed by atoms with Crippen molar-refractivity contribution in [3.8, 4) is 0 Å². The van der Waals surface area contributed by atoms with Gasteiger partial charge in [0.15, 0.2) is 4.77 Å². The molecule has 8 heteroatoms. The van der Waals surface area contributed by atoms with Gasteiger partial charge in [0, 0.05) is 18.3 Å². The van der Waals surface area contributed by atoms with Gasteiger partial charge in [-0.25, -0.2) is 9.37 Å². The molecule has 3 rings (SSSR count). The molecule has 2 aromatic heterocycles. The minimum Gasteiger partial charge on any atom is -0.352 e. The van der Waals surface area contributed by atoms with Crippen LogP contribution in [0.4, 0.5) is 4.39 Å². The van der Waals surface area contributed by atoms with Gasteiger partial charge in [-0.3, -0.25) is 4.79 Å². The van der Waals surface area contributed by atoms with Gasteiger partial charge in [-0.05, 0) is 31.3 Å². The molecule has 0 aliphatic heterocycles.